The monoisotopic (exact) mass is 347 g/mol. The molecule has 0 saturated carbocycles. The molecule has 0 N–H and O–H groups in total. The van der Waals surface area contributed by atoms with Crippen molar-refractivity contribution in [1.29, 1.82) is 0 Å². The Morgan fingerprint density at radius 2 is 1.88 bits per heavy atom. The lowest BCUT2D eigenvalue weighted by Crippen LogP contribution is -2.46. The molecular formula is C17H25N5OS. The predicted octanol–water partition coefficient (Wildman–Crippen LogP) is 2.38. The Hall–Kier alpha value is -1.89. The Labute approximate surface area is 147 Å². The minimum absolute atomic E-state index is 0.732. The SMILES string of the molecule is CCc1cc2c(N(CC)CC)nc(N3CCN(C=O)CC3)nc2s1. The van der Waals surface area contributed by atoms with E-state index < -0.39 is 0 Å². The molecule has 7 heteroatoms. The maximum absolute atomic E-state index is 10.9. The summed E-state index contributed by atoms with van der Waals surface area (Å²) in [6, 6.07) is 2.24. The van der Waals surface area contributed by atoms with Crippen molar-refractivity contribution in [3.63, 3.8) is 0 Å². The highest BCUT2D eigenvalue weighted by atomic mass is 32.1. The van der Waals surface area contributed by atoms with Crippen LogP contribution in [-0.2, 0) is 11.2 Å². The van der Waals surface area contributed by atoms with E-state index in [9.17, 15) is 4.79 Å². The Kier molecular flexibility index (Phi) is 5.18. The summed E-state index contributed by atoms with van der Waals surface area (Å²) in [5.74, 6) is 1.83. The number of aromatic nitrogens is 2. The molecule has 1 aliphatic heterocycles. The van der Waals surface area contributed by atoms with Crippen LogP contribution in [0.15, 0.2) is 6.07 Å². The van der Waals surface area contributed by atoms with Gasteiger partial charge in [0.15, 0.2) is 0 Å². The number of piperazine rings is 1. The molecular weight excluding hydrogens is 322 g/mol. The van der Waals surface area contributed by atoms with Crippen LogP contribution in [-0.4, -0.2) is 60.5 Å². The van der Waals surface area contributed by atoms with Crippen molar-refractivity contribution < 1.29 is 4.79 Å². The molecule has 0 aliphatic carbocycles. The van der Waals surface area contributed by atoms with Crippen LogP contribution < -0.4 is 9.80 Å². The smallest absolute Gasteiger partial charge is 0.228 e. The van der Waals surface area contributed by atoms with Crippen molar-refractivity contribution in [2.75, 3.05) is 49.1 Å². The van der Waals surface area contributed by atoms with Crippen molar-refractivity contribution in [3.8, 4) is 0 Å². The molecule has 3 heterocycles. The number of carbonyl (C=O) groups excluding carboxylic acids is 1. The molecule has 1 saturated heterocycles. The summed E-state index contributed by atoms with van der Waals surface area (Å²) in [4.78, 5) is 29.3. The minimum Gasteiger partial charge on any atom is -0.356 e. The number of hydrogen-bond acceptors (Lipinski definition) is 6. The molecule has 0 spiro atoms. The molecule has 1 amide bonds. The van der Waals surface area contributed by atoms with Crippen LogP contribution in [0.1, 0.15) is 25.6 Å². The molecule has 24 heavy (non-hydrogen) atoms. The molecule has 2 aromatic rings. The third-order valence-electron chi connectivity index (χ3n) is 4.57. The quantitative estimate of drug-likeness (QED) is 0.751. The number of hydrogen-bond donors (Lipinski definition) is 0. The van der Waals surface area contributed by atoms with Gasteiger partial charge in [-0.2, -0.15) is 4.98 Å². The zero-order valence-electron chi connectivity index (χ0n) is 14.7. The summed E-state index contributed by atoms with van der Waals surface area (Å²) < 4.78 is 0. The fraction of sp³-hybridized carbons (Fsp3) is 0.588. The van der Waals surface area contributed by atoms with Gasteiger partial charge in [0.2, 0.25) is 12.4 Å². The number of anilines is 2. The Bertz CT molecular complexity index is 704. The number of fused-ring (bicyclic) bond motifs is 1. The first-order valence-corrected chi connectivity index (χ1v) is 9.51. The van der Waals surface area contributed by atoms with Gasteiger partial charge >= 0.3 is 0 Å². The number of carbonyl (C=O) groups is 1. The second-order valence-electron chi connectivity index (χ2n) is 5.93. The zero-order valence-corrected chi connectivity index (χ0v) is 15.5. The fourth-order valence-electron chi connectivity index (χ4n) is 3.05. The van der Waals surface area contributed by atoms with Gasteiger partial charge in [-0.05, 0) is 26.3 Å². The lowest BCUT2D eigenvalue weighted by atomic mass is 10.3. The van der Waals surface area contributed by atoms with Crippen LogP contribution in [0.2, 0.25) is 0 Å². The van der Waals surface area contributed by atoms with Gasteiger partial charge in [0.1, 0.15) is 10.6 Å². The molecule has 6 nitrogen and oxygen atoms in total. The third-order valence-corrected chi connectivity index (χ3v) is 5.74. The first-order valence-electron chi connectivity index (χ1n) is 8.69. The summed E-state index contributed by atoms with van der Waals surface area (Å²) >= 11 is 1.76. The Balaban J connectivity index is 2.01. The van der Waals surface area contributed by atoms with Crippen LogP contribution in [0.25, 0.3) is 10.2 Å². The predicted molar refractivity (Wildman–Crippen MR) is 100 cm³/mol. The molecule has 2 aromatic heterocycles. The first-order chi connectivity index (χ1) is 11.7. The topological polar surface area (TPSA) is 52.6 Å². The Morgan fingerprint density at radius 1 is 1.17 bits per heavy atom. The van der Waals surface area contributed by atoms with E-state index in [1.54, 1.807) is 16.2 Å². The first kappa shape index (κ1) is 17.0. The Morgan fingerprint density at radius 3 is 2.46 bits per heavy atom. The van der Waals surface area contributed by atoms with Crippen molar-refractivity contribution >= 4 is 39.7 Å². The molecule has 0 radical (unpaired) electrons. The van der Waals surface area contributed by atoms with E-state index in [0.29, 0.717) is 0 Å². The molecule has 130 valence electrons. The van der Waals surface area contributed by atoms with Gasteiger partial charge in [-0.1, -0.05) is 6.92 Å². The highest BCUT2D eigenvalue weighted by Gasteiger charge is 2.21. The number of rotatable bonds is 6. The highest BCUT2D eigenvalue weighted by molar-refractivity contribution is 7.18. The van der Waals surface area contributed by atoms with Gasteiger partial charge in [-0.25, -0.2) is 4.98 Å². The molecule has 0 aromatic carbocycles. The summed E-state index contributed by atoms with van der Waals surface area (Å²) in [5.41, 5.74) is 0. The number of thiophene rings is 1. The number of aryl methyl sites for hydroxylation is 1. The lowest BCUT2D eigenvalue weighted by Gasteiger charge is -2.33. The minimum atomic E-state index is 0.732. The van der Waals surface area contributed by atoms with Crippen molar-refractivity contribution in [2.45, 2.75) is 27.2 Å². The van der Waals surface area contributed by atoms with Gasteiger partial charge in [-0.15, -0.1) is 11.3 Å². The molecule has 1 aliphatic rings. The van der Waals surface area contributed by atoms with Crippen LogP contribution in [0.5, 0.6) is 0 Å². The van der Waals surface area contributed by atoms with Gasteiger partial charge in [-0.3, -0.25) is 4.79 Å². The third kappa shape index (κ3) is 3.17. The van der Waals surface area contributed by atoms with Gasteiger partial charge in [0.05, 0.1) is 5.39 Å². The van der Waals surface area contributed by atoms with E-state index in [1.807, 2.05) is 0 Å². The van der Waals surface area contributed by atoms with E-state index in [2.05, 4.69) is 36.6 Å². The molecule has 3 rings (SSSR count). The molecule has 0 bridgehead atoms. The van der Waals surface area contributed by atoms with E-state index in [4.69, 9.17) is 9.97 Å². The summed E-state index contributed by atoms with van der Waals surface area (Å²) in [5, 5.41) is 1.16. The van der Waals surface area contributed by atoms with Crippen LogP contribution in [0.4, 0.5) is 11.8 Å². The second kappa shape index (κ2) is 7.34. The summed E-state index contributed by atoms with van der Waals surface area (Å²) in [6.45, 7) is 11.4. The standard InChI is InChI=1S/C17H25N5OS/c1-4-13-11-14-15(21(5-2)6-3)18-17(19-16(14)24-13)22-9-7-20(12-23)8-10-22/h11-12H,4-10H2,1-3H3. The van der Waals surface area contributed by atoms with Crippen LogP contribution in [0, 0.1) is 0 Å². The van der Waals surface area contributed by atoms with Gasteiger partial charge in [0, 0.05) is 44.1 Å². The van der Waals surface area contributed by atoms with Crippen LogP contribution >= 0.6 is 11.3 Å². The normalized spacial score (nSPS) is 15.1. The second-order valence-corrected chi connectivity index (χ2v) is 7.05. The van der Waals surface area contributed by atoms with Gasteiger partial charge < -0.3 is 14.7 Å². The molecule has 1 fully saturated rings. The van der Waals surface area contributed by atoms with Crippen molar-refractivity contribution in [1.82, 2.24) is 14.9 Å². The highest BCUT2D eigenvalue weighted by Crippen LogP contribution is 2.33. The van der Waals surface area contributed by atoms with E-state index >= 15 is 0 Å². The van der Waals surface area contributed by atoms with Crippen molar-refractivity contribution in [2.24, 2.45) is 0 Å². The number of nitrogens with zero attached hydrogens (tertiary/aromatic N) is 5. The molecule has 0 atom stereocenters. The van der Waals surface area contributed by atoms with Crippen LogP contribution in [0.3, 0.4) is 0 Å². The summed E-state index contributed by atoms with van der Waals surface area (Å²) in [6.07, 6.45) is 1.95. The maximum Gasteiger partial charge on any atom is 0.228 e. The van der Waals surface area contributed by atoms with E-state index in [0.717, 1.165) is 74.1 Å². The number of amides is 1. The van der Waals surface area contributed by atoms with Gasteiger partial charge in [0.25, 0.3) is 0 Å². The lowest BCUT2D eigenvalue weighted by molar-refractivity contribution is -0.118. The van der Waals surface area contributed by atoms with Crippen molar-refractivity contribution in [3.05, 3.63) is 10.9 Å². The molecule has 0 unspecified atom stereocenters. The maximum atomic E-state index is 10.9. The average molecular weight is 347 g/mol. The fourth-order valence-corrected chi connectivity index (χ4v) is 4.01. The summed E-state index contributed by atoms with van der Waals surface area (Å²) in [7, 11) is 0. The largest absolute Gasteiger partial charge is 0.356 e. The average Bonchev–Trinajstić information content (AvgIpc) is 3.06. The van der Waals surface area contributed by atoms with E-state index in [-0.39, 0.29) is 0 Å². The van der Waals surface area contributed by atoms with E-state index in [1.165, 1.54) is 4.88 Å². The zero-order chi connectivity index (χ0) is 17.1.